The number of aromatic nitrogens is 2. The summed E-state index contributed by atoms with van der Waals surface area (Å²) in [5.74, 6) is 1.16. The molecule has 3 aliphatic carbocycles. The number of anilines is 3. The van der Waals surface area contributed by atoms with Gasteiger partial charge in [-0.1, -0.05) is 359 Å². The van der Waals surface area contributed by atoms with Crippen LogP contribution in [-0.4, -0.2) is 10.2 Å². The molecule has 0 unspecified atom stereocenters. The van der Waals surface area contributed by atoms with Crippen molar-refractivity contribution in [2.45, 2.75) is 327 Å². The molecule has 6 heteroatoms. The van der Waals surface area contributed by atoms with Gasteiger partial charge >= 0.3 is 0 Å². The molecule has 11 rings (SSSR count). The fourth-order valence-corrected chi connectivity index (χ4v) is 19.4. The number of hydrogen-bond donors (Lipinski definition) is 0. The normalized spacial score (nSPS) is 14.1. The van der Waals surface area contributed by atoms with Gasteiger partial charge in [-0.25, -0.2) is 0 Å². The van der Waals surface area contributed by atoms with Crippen molar-refractivity contribution in [3.8, 4) is 56.3 Å². The molecule has 4 nitrogen and oxygen atoms in total. The highest BCUT2D eigenvalue weighted by Gasteiger charge is 2.47. The molecule has 1 aromatic heterocycles. The van der Waals surface area contributed by atoms with Crippen LogP contribution in [0.4, 0.5) is 17.1 Å². The van der Waals surface area contributed by atoms with E-state index in [1.807, 2.05) is 6.07 Å². The number of benzene rings is 7. The van der Waals surface area contributed by atoms with E-state index in [9.17, 15) is 0 Å². The van der Waals surface area contributed by atoms with Crippen LogP contribution in [0.2, 0.25) is 0 Å². The molecule has 8 aromatic rings. The Hall–Kier alpha value is -5.56. The maximum atomic E-state index is 6.66. The molecule has 0 fully saturated rings. The summed E-state index contributed by atoms with van der Waals surface area (Å²) in [5, 5.41) is 9.47. The summed E-state index contributed by atoms with van der Waals surface area (Å²) >= 11 is 8.19. The maximum absolute atomic E-state index is 6.66. The van der Waals surface area contributed by atoms with Crippen LogP contribution in [0.1, 0.15) is 345 Å². The first-order chi connectivity index (χ1) is 49.7. The first-order valence-corrected chi connectivity index (χ1v) is 43.1. The van der Waals surface area contributed by atoms with Gasteiger partial charge in [0.05, 0.1) is 0 Å². The number of rotatable bonds is 47. The van der Waals surface area contributed by atoms with E-state index in [4.69, 9.17) is 9.52 Å². The minimum Gasteiger partial charge on any atom is -0.416 e. The van der Waals surface area contributed by atoms with Gasteiger partial charge in [0.25, 0.3) is 0 Å². The summed E-state index contributed by atoms with van der Waals surface area (Å²) in [5.41, 5.74) is 23.0. The van der Waals surface area contributed by atoms with E-state index in [-0.39, 0.29) is 16.2 Å². The van der Waals surface area contributed by atoms with Gasteiger partial charge in [-0.2, -0.15) is 0 Å². The van der Waals surface area contributed by atoms with Gasteiger partial charge < -0.3 is 9.32 Å². The second-order valence-electron chi connectivity index (χ2n) is 31.3. The molecule has 7 aromatic carbocycles. The zero-order valence-corrected chi connectivity index (χ0v) is 66.7. The summed E-state index contributed by atoms with van der Waals surface area (Å²) in [6, 6.07) is 55.7. The molecule has 0 saturated heterocycles. The Bertz CT molecular complexity index is 3670. The van der Waals surface area contributed by atoms with Crippen LogP contribution < -0.4 is 4.90 Å². The average molecular weight is 1480 g/mol. The highest BCUT2D eigenvalue weighted by molar-refractivity contribution is 9.10. The first kappa shape index (κ1) is 76.6. The number of hydrogen-bond acceptors (Lipinski definition) is 4. The van der Waals surface area contributed by atoms with E-state index in [1.165, 1.54) is 327 Å². The van der Waals surface area contributed by atoms with Gasteiger partial charge in [-0.15, -0.1) is 10.2 Å². The molecule has 3 aliphatic rings. The highest BCUT2D eigenvalue weighted by atomic mass is 79.9. The summed E-state index contributed by atoms with van der Waals surface area (Å²) in [6.45, 7) is 14.1. The lowest BCUT2D eigenvalue weighted by Gasteiger charge is -2.36. The van der Waals surface area contributed by atoms with Crippen LogP contribution in [0.3, 0.4) is 0 Å². The fourth-order valence-electron chi connectivity index (χ4n) is 18.7. The van der Waals surface area contributed by atoms with Gasteiger partial charge in [0.15, 0.2) is 0 Å². The summed E-state index contributed by atoms with van der Waals surface area (Å²) < 4.78 is 9.05. The summed E-state index contributed by atoms with van der Waals surface area (Å²) in [6.07, 6.45) is 53.3. The minimum atomic E-state index is -0.215. The SMILES string of the molecule is CCCCCCCCC1(CCCCCCCC)c2cc(Br)ccc2-c2ccc(N(c3ccc4c(c3)C(CCCCCCCC)(CCCCCCCC)c3cc(Br)ccc3-4)c3ccc4c(c3)C(CCCCCCCC)(CCCCCCCC)c3cc(-c5nnc(-c6ccccc6)o5)ccc3-4)cc21. The van der Waals surface area contributed by atoms with Gasteiger partial charge in [0, 0.05) is 53.4 Å². The molecule has 0 aliphatic heterocycles. The van der Waals surface area contributed by atoms with Gasteiger partial charge in [0.1, 0.15) is 0 Å². The number of fused-ring (bicyclic) bond motifs is 9. The van der Waals surface area contributed by atoms with Crippen molar-refractivity contribution in [2.24, 2.45) is 0 Å². The monoisotopic (exact) mass is 1480 g/mol. The van der Waals surface area contributed by atoms with Crippen LogP contribution in [0.25, 0.3) is 56.3 Å². The van der Waals surface area contributed by atoms with Crippen LogP contribution in [0.15, 0.2) is 153 Å². The van der Waals surface area contributed by atoms with E-state index in [0.29, 0.717) is 11.8 Å². The second-order valence-corrected chi connectivity index (χ2v) is 33.1. The third-order valence-electron chi connectivity index (χ3n) is 24.2. The molecule has 101 heavy (non-hydrogen) atoms. The molecule has 0 N–H and O–H groups in total. The zero-order valence-electron chi connectivity index (χ0n) is 63.5. The smallest absolute Gasteiger partial charge is 0.248 e. The number of unbranched alkanes of at least 4 members (excludes halogenated alkanes) is 30. The molecule has 0 atom stereocenters. The van der Waals surface area contributed by atoms with E-state index in [1.54, 1.807) is 22.3 Å². The Morgan fingerprint density at radius 3 is 0.842 bits per heavy atom. The van der Waals surface area contributed by atoms with Gasteiger partial charge in [-0.3, -0.25) is 0 Å². The van der Waals surface area contributed by atoms with Crippen LogP contribution >= 0.6 is 31.9 Å². The lowest BCUT2D eigenvalue weighted by molar-refractivity contribution is 0.397. The average Bonchev–Trinajstić information content (AvgIpc) is 1.57. The standard InChI is InChI=1S/C95H125Br2N3O/c1-7-13-19-25-31-40-60-93(61-41-32-26-20-14-8-2)85-66-73(92-99-98-91(101-92)72-46-38-37-39-47-72)48-54-79(85)82-57-51-76(69-88(82)93)100(77-52-58-83-80-55-49-74(96)67-86(80)94(89(83)70-77,62-42-33-27-21-15-9-3)63-43-34-28-22-16-10-4)78-53-59-84-81-56-50-75(97)68-87(81)95(90(84)71-78,64-44-35-29-23-17-11-5)65-45-36-30-24-18-12-6/h37-39,46-59,66-71H,7-36,40-45,60-65H2,1-6H3. The molecule has 1 heterocycles. The molecule has 0 radical (unpaired) electrons. The molecule has 0 amide bonds. The van der Waals surface area contributed by atoms with Crippen molar-refractivity contribution in [3.63, 3.8) is 0 Å². The molecular formula is C95H125Br2N3O. The second kappa shape index (κ2) is 38.5. The van der Waals surface area contributed by atoms with E-state index in [0.717, 1.165) is 24.0 Å². The number of halogens is 2. The van der Waals surface area contributed by atoms with Crippen LogP contribution in [0, 0.1) is 0 Å². The Kier molecular flexibility index (Phi) is 29.1. The minimum absolute atomic E-state index is 0.0943. The Morgan fingerprint density at radius 2 is 0.525 bits per heavy atom. The molecule has 0 bridgehead atoms. The van der Waals surface area contributed by atoms with E-state index in [2.05, 4.69) is 217 Å². The predicted molar refractivity (Wildman–Crippen MR) is 442 cm³/mol. The summed E-state index contributed by atoms with van der Waals surface area (Å²) in [4.78, 5) is 2.78. The Balaban J connectivity index is 1.12. The lowest BCUT2D eigenvalue weighted by Crippen LogP contribution is -2.27. The molecular weight excluding hydrogens is 1360 g/mol. The van der Waals surface area contributed by atoms with Crippen molar-refractivity contribution < 1.29 is 4.42 Å². The third kappa shape index (κ3) is 18.1. The molecule has 0 saturated carbocycles. The predicted octanol–water partition coefficient (Wildman–Crippen LogP) is 31.7. The third-order valence-corrected chi connectivity index (χ3v) is 25.2. The highest BCUT2D eigenvalue weighted by Crippen LogP contribution is 2.61. The van der Waals surface area contributed by atoms with Crippen molar-refractivity contribution in [3.05, 3.63) is 182 Å². The largest absolute Gasteiger partial charge is 0.416 e. The Labute approximate surface area is 629 Å². The van der Waals surface area contributed by atoms with E-state index >= 15 is 0 Å². The first-order valence-electron chi connectivity index (χ1n) is 41.6. The molecule has 540 valence electrons. The van der Waals surface area contributed by atoms with Crippen LogP contribution in [0.5, 0.6) is 0 Å². The Morgan fingerprint density at radius 1 is 0.267 bits per heavy atom. The van der Waals surface area contributed by atoms with Crippen molar-refractivity contribution >= 4 is 48.9 Å². The van der Waals surface area contributed by atoms with Gasteiger partial charge in [-0.05, 0) is 190 Å². The van der Waals surface area contributed by atoms with Crippen LogP contribution in [-0.2, 0) is 16.2 Å². The fraction of sp³-hybridized carbons (Fsp3) is 0.537. The topological polar surface area (TPSA) is 42.2 Å². The summed E-state index contributed by atoms with van der Waals surface area (Å²) in [7, 11) is 0. The number of nitrogens with zero attached hydrogens (tertiary/aromatic N) is 3. The van der Waals surface area contributed by atoms with E-state index < -0.39 is 0 Å². The van der Waals surface area contributed by atoms with Crippen molar-refractivity contribution in [1.29, 1.82) is 0 Å². The van der Waals surface area contributed by atoms with Crippen molar-refractivity contribution in [1.82, 2.24) is 10.2 Å². The van der Waals surface area contributed by atoms with Gasteiger partial charge in [0.2, 0.25) is 11.8 Å². The van der Waals surface area contributed by atoms with Crippen molar-refractivity contribution in [2.75, 3.05) is 4.90 Å². The maximum Gasteiger partial charge on any atom is 0.248 e. The quantitative estimate of drug-likeness (QED) is 0.0357. The lowest BCUT2D eigenvalue weighted by atomic mass is 9.70. The molecule has 0 spiro atoms. The zero-order chi connectivity index (χ0) is 70.3.